The van der Waals surface area contributed by atoms with Gasteiger partial charge in [0.2, 0.25) is 6.54 Å². The van der Waals surface area contributed by atoms with E-state index in [1.807, 2.05) is 54.6 Å². The molecule has 2 aromatic carbocycles. The zero-order valence-electron chi connectivity index (χ0n) is 9.87. The van der Waals surface area contributed by atoms with Crippen molar-refractivity contribution in [2.75, 3.05) is 11.9 Å². The lowest BCUT2D eigenvalue weighted by atomic mass is 10.1. The summed E-state index contributed by atoms with van der Waals surface area (Å²) >= 11 is 0. The molecule has 0 saturated heterocycles. The number of para-hydroxylation sites is 1. The smallest absolute Gasteiger partial charge is 0.207 e. The summed E-state index contributed by atoms with van der Waals surface area (Å²) < 4.78 is 0. The van der Waals surface area contributed by atoms with Crippen molar-refractivity contribution in [3.63, 3.8) is 0 Å². The second-order valence-corrected chi connectivity index (χ2v) is 3.99. The first kappa shape index (κ1) is 12.1. The summed E-state index contributed by atoms with van der Waals surface area (Å²) in [5, 5.41) is 13.5. The summed E-state index contributed by atoms with van der Waals surface area (Å²) in [6.07, 6.45) is 0.471. The molecule has 4 heteroatoms. The average molecular weight is 242 g/mol. The van der Waals surface area contributed by atoms with Crippen molar-refractivity contribution in [1.29, 1.82) is 0 Å². The van der Waals surface area contributed by atoms with Gasteiger partial charge in [-0.3, -0.25) is 10.1 Å². The van der Waals surface area contributed by atoms with Crippen LogP contribution in [0.4, 0.5) is 11.4 Å². The van der Waals surface area contributed by atoms with E-state index in [1.54, 1.807) is 0 Å². The van der Waals surface area contributed by atoms with Gasteiger partial charge in [0.1, 0.15) is 0 Å². The highest BCUT2D eigenvalue weighted by atomic mass is 16.6. The van der Waals surface area contributed by atoms with Gasteiger partial charge in [-0.1, -0.05) is 30.3 Å². The second-order valence-electron chi connectivity index (χ2n) is 3.99. The zero-order valence-corrected chi connectivity index (χ0v) is 9.87. The SMILES string of the molecule is O=[N+]([O-])CCc1ccc(Nc2ccccc2)cc1. The van der Waals surface area contributed by atoms with Crippen LogP contribution in [-0.4, -0.2) is 11.5 Å². The molecule has 0 fully saturated rings. The molecule has 0 radical (unpaired) electrons. The molecule has 0 aromatic heterocycles. The molecule has 0 spiro atoms. The lowest BCUT2D eigenvalue weighted by molar-refractivity contribution is -0.479. The Kier molecular flexibility index (Phi) is 3.91. The van der Waals surface area contributed by atoms with Crippen molar-refractivity contribution in [2.24, 2.45) is 0 Å². The molecule has 0 amide bonds. The highest BCUT2D eigenvalue weighted by molar-refractivity contribution is 5.59. The predicted molar refractivity (Wildman–Crippen MR) is 71.7 cm³/mol. The van der Waals surface area contributed by atoms with Crippen LogP contribution in [0, 0.1) is 10.1 Å². The molecular formula is C14H14N2O2. The third kappa shape index (κ3) is 3.59. The molecule has 2 rings (SSSR count). The third-order valence-electron chi connectivity index (χ3n) is 2.60. The fourth-order valence-electron chi connectivity index (χ4n) is 1.66. The highest BCUT2D eigenvalue weighted by Gasteiger charge is 2.00. The molecule has 1 N–H and O–H groups in total. The van der Waals surface area contributed by atoms with Gasteiger partial charge >= 0.3 is 0 Å². The van der Waals surface area contributed by atoms with Crippen LogP contribution in [0.15, 0.2) is 54.6 Å². The molecule has 0 saturated carbocycles. The summed E-state index contributed by atoms with van der Waals surface area (Å²) in [7, 11) is 0. The maximum atomic E-state index is 10.3. The van der Waals surface area contributed by atoms with Crippen LogP contribution in [0.5, 0.6) is 0 Å². The Morgan fingerprint density at radius 2 is 1.56 bits per heavy atom. The summed E-state index contributed by atoms with van der Waals surface area (Å²) in [5.74, 6) is 0. The Morgan fingerprint density at radius 3 is 2.17 bits per heavy atom. The molecule has 0 atom stereocenters. The molecule has 0 aliphatic heterocycles. The summed E-state index contributed by atoms with van der Waals surface area (Å²) in [6, 6.07) is 17.6. The van der Waals surface area contributed by atoms with Gasteiger partial charge in [0.15, 0.2) is 0 Å². The first-order chi connectivity index (χ1) is 8.74. The number of hydrogen-bond acceptors (Lipinski definition) is 3. The van der Waals surface area contributed by atoms with Crippen LogP contribution in [0.25, 0.3) is 0 Å². The number of hydrogen-bond donors (Lipinski definition) is 1. The topological polar surface area (TPSA) is 55.2 Å². The minimum absolute atomic E-state index is 0.0224. The van der Waals surface area contributed by atoms with Crippen molar-refractivity contribution in [3.05, 3.63) is 70.3 Å². The van der Waals surface area contributed by atoms with Crippen LogP contribution < -0.4 is 5.32 Å². The van der Waals surface area contributed by atoms with Gasteiger partial charge in [-0.05, 0) is 29.8 Å². The van der Waals surface area contributed by atoms with E-state index in [9.17, 15) is 10.1 Å². The van der Waals surface area contributed by atoms with Crippen LogP contribution >= 0.6 is 0 Å². The van der Waals surface area contributed by atoms with Gasteiger partial charge in [-0.25, -0.2) is 0 Å². The van der Waals surface area contributed by atoms with Crippen molar-refractivity contribution >= 4 is 11.4 Å². The zero-order chi connectivity index (χ0) is 12.8. The molecule has 18 heavy (non-hydrogen) atoms. The van der Waals surface area contributed by atoms with E-state index in [2.05, 4.69) is 5.32 Å². The van der Waals surface area contributed by atoms with Gasteiger partial charge in [0.25, 0.3) is 0 Å². The molecular weight excluding hydrogens is 228 g/mol. The number of nitrogens with zero attached hydrogens (tertiary/aromatic N) is 1. The van der Waals surface area contributed by atoms with E-state index >= 15 is 0 Å². The second kappa shape index (κ2) is 5.82. The lowest BCUT2D eigenvalue weighted by Crippen LogP contribution is -2.03. The van der Waals surface area contributed by atoms with E-state index < -0.39 is 0 Å². The Bertz CT molecular complexity index is 509. The number of anilines is 2. The van der Waals surface area contributed by atoms with Gasteiger partial charge in [0.05, 0.1) is 0 Å². The first-order valence-electron chi connectivity index (χ1n) is 5.77. The number of nitrogens with one attached hydrogen (secondary N) is 1. The van der Waals surface area contributed by atoms with E-state index in [-0.39, 0.29) is 11.5 Å². The fraction of sp³-hybridized carbons (Fsp3) is 0.143. The maximum absolute atomic E-state index is 10.3. The van der Waals surface area contributed by atoms with Crippen LogP contribution in [-0.2, 0) is 6.42 Å². The number of rotatable bonds is 5. The van der Waals surface area contributed by atoms with Gasteiger partial charge < -0.3 is 5.32 Å². The third-order valence-corrected chi connectivity index (χ3v) is 2.60. The summed E-state index contributed by atoms with van der Waals surface area (Å²) in [4.78, 5) is 9.98. The molecule has 2 aromatic rings. The normalized spacial score (nSPS) is 10.0. The minimum atomic E-state index is -0.296. The molecule has 0 aliphatic rings. The van der Waals surface area contributed by atoms with Crippen LogP contribution in [0.2, 0.25) is 0 Å². The summed E-state index contributed by atoms with van der Waals surface area (Å²) in [6.45, 7) is -0.0224. The molecule has 4 nitrogen and oxygen atoms in total. The lowest BCUT2D eigenvalue weighted by Gasteiger charge is -2.06. The molecule has 0 unspecified atom stereocenters. The van der Waals surface area contributed by atoms with E-state index in [0.717, 1.165) is 16.9 Å². The Labute approximate surface area is 105 Å². The van der Waals surface area contributed by atoms with Gasteiger partial charge in [-0.2, -0.15) is 0 Å². The van der Waals surface area contributed by atoms with Crippen molar-refractivity contribution in [2.45, 2.75) is 6.42 Å². The van der Waals surface area contributed by atoms with E-state index in [0.29, 0.717) is 6.42 Å². The van der Waals surface area contributed by atoms with E-state index in [4.69, 9.17) is 0 Å². The monoisotopic (exact) mass is 242 g/mol. The molecule has 0 bridgehead atoms. The first-order valence-corrected chi connectivity index (χ1v) is 5.77. The quantitative estimate of drug-likeness (QED) is 0.646. The molecule has 92 valence electrons. The van der Waals surface area contributed by atoms with Crippen molar-refractivity contribution < 1.29 is 4.92 Å². The standard InChI is InChI=1S/C14H14N2O2/c17-16(18)11-10-12-6-8-14(9-7-12)15-13-4-2-1-3-5-13/h1-9,15H,10-11H2. The van der Waals surface area contributed by atoms with Crippen molar-refractivity contribution in [1.82, 2.24) is 0 Å². The summed E-state index contributed by atoms with van der Waals surface area (Å²) in [5.41, 5.74) is 2.98. The van der Waals surface area contributed by atoms with Crippen molar-refractivity contribution in [3.8, 4) is 0 Å². The largest absolute Gasteiger partial charge is 0.356 e. The Morgan fingerprint density at radius 1 is 0.944 bits per heavy atom. The number of nitro groups is 1. The Hall–Kier alpha value is -2.36. The molecule has 0 heterocycles. The highest BCUT2D eigenvalue weighted by Crippen LogP contribution is 2.16. The fourth-order valence-corrected chi connectivity index (χ4v) is 1.66. The van der Waals surface area contributed by atoms with Crippen LogP contribution in [0.3, 0.4) is 0 Å². The maximum Gasteiger partial charge on any atom is 0.207 e. The average Bonchev–Trinajstić information content (AvgIpc) is 2.39. The minimum Gasteiger partial charge on any atom is -0.356 e. The van der Waals surface area contributed by atoms with E-state index in [1.165, 1.54) is 0 Å². The van der Waals surface area contributed by atoms with Crippen LogP contribution in [0.1, 0.15) is 5.56 Å². The molecule has 0 aliphatic carbocycles. The van der Waals surface area contributed by atoms with Gasteiger partial charge in [0, 0.05) is 22.7 Å². The van der Waals surface area contributed by atoms with Gasteiger partial charge in [-0.15, -0.1) is 0 Å². The number of benzene rings is 2. The Balaban J connectivity index is 1.97. The predicted octanol–water partition coefficient (Wildman–Crippen LogP) is 3.25.